The van der Waals surface area contributed by atoms with E-state index in [9.17, 15) is 0 Å². The predicted molar refractivity (Wildman–Crippen MR) is 72.5 cm³/mol. The van der Waals surface area contributed by atoms with Crippen molar-refractivity contribution in [2.24, 2.45) is 0 Å². The Morgan fingerprint density at radius 1 is 1.29 bits per heavy atom. The Hall–Kier alpha value is -1.14. The van der Waals surface area contributed by atoms with E-state index in [0.717, 1.165) is 10.6 Å². The van der Waals surface area contributed by atoms with Gasteiger partial charge in [-0.05, 0) is 39.0 Å². The summed E-state index contributed by atoms with van der Waals surface area (Å²) >= 11 is 1.69. The van der Waals surface area contributed by atoms with Gasteiger partial charge < -0.3 is 4.74 Å². The third-order valence-corrected chi connectivity index (χ3v) is 2.92. The maximum Gasteiger partial charge on any atom is 0.121 e. The summed E-state index contributed by atoms with van der Waals surface area (Å²) in [5.41, 5.74) is 0.499. The number of ether oxygens (including phenoxy) is 1. The topological polar surface area (TPSA) is 33.0 Å². The van der Waals surface area contributed by atoms with Crippen molar-refractivity contribution in [3.63, 3.8) is 0 Å². The number of hydrogen-bond donors (Lipinski definition) is 0. The lowest BCUT2D eigenvalue weighted by molar-refractivity contribution is 0.130. The molecule has 17 heavy (non-hydrogen) atoms. The Kier molecular flexibility index (Phi) is 4.47. The molecule has 2 nitrogen and oxygen atoms in total. The number of thioether (sulfide) groups is 1. The molecule has 0 radical (unpaired) electrons. The second-order valence-electron chi connectivity index (χ2n) is 5.15. The first-order valence-corrected chi connectivity index (χ1v) is 6.59. The molecule has 0 unspecified atom stereocenters. The minimum absolute atomic E-state index is 0.214. The van der Waals surface area contributed by atoms with Crippen LogP contribution < -0.4 is 4.74 Å². The molecule has 0 amide bonds. The van der Waals surface area contributed by atoms with Gasteiger partial charge in [-0.3, -0.25) is 0 Å². The van der Waals surface area contributed by atoms with Crippen LogP contribution in [0.1, 0.15) is 40.2 Å². The van der Waals surface area contributed by atoms with Crippen molar-refractivity contribution in [2.75, 3.05) is 0 Å². The molecular formula is C14H19NOS. The van der Waals surface area contributed by atoms with E-state index in [1.165, 1.54) is 0 Å². The van der Waals surface area contributed by atoms with E-state index in [2.05, 4.69) is 19.9 Å². The van der Waals surface area contributed by atoms with Gasteiger partial charge >= 0.3 is 0 Å². The van der Waals surface area contributed by atoms with Gasteiger partial charge in [0.15, 0.2) is 0 Å². The summed E-state index contributed by atoms with van der Waals surface area (Å²) in [6.45, 7) is 10.3. The Morgan fingerprint density at radius 3 is 2.41 bits per heavy atom. The van der Waals surface area contributed by atoms with Crippen molar-refractivity contribution in [1.82, 2.24) is 0 Å². The van der Waals surface area contributed by atoms with Crippen LogP contribution in [0.5, 0.6) is 5.75 Å². The van der Waals surface area contributed by atoms with Gasteiger partial charge in [-0.1, -0.05) is 13.8 Å². The van der Waals surface area contributed by atoms with Crippen molar-refractivity contribution in [3.05, 3.63) is 23.8 Å². The van der Waals surface area contributed by atoms with Gasteiger partial charge in [0.2, 0.25) is 0 Å². The zero-order valence-electron chi connectivity index (χ0n) is 11.1. The molecule has 0 aliphatic rings. The lowest BCUT2D eigenvalue weighted by atomic mass is 10.2. The Bertz CT molecular complexity index is 427. The van der Waals surface area contributed by atoms with Crippen molar-refractivity contribution >= 4 is 11.8 Å². The van der Waals surface area contributed by atoms with E-state index in [1.807, 2.05) is 39.0 Å². The summed E-state index contributed by atoms with van der Waals surface area (Å²) in [4.78, 5) is 0.990. The third kappa shape index (κ3) is 4.70. The highest BCUT2D eigenvalue weighted by atomic mass is 32.2. The van der Waals surface area contributed by atoms with Gasteiger partial charge in [-0.25, -0.2) is 0 Å². The second-order valence-corrected chi connectivity index (χ2v) is 6.77. The van der Waals surface area contributed by atoms with E-state index in [0.29, 0.717) is 10.8 Å². The van der Waals surface area contributed by atoms with E-state index in [-0.39, 0.29) is 5.60 Å². The highest BCUT2D eigenvalue weighted by Gasteiger charge is 2.13. The average molecular weight is 249 g/mol. The molecule has 1 aromatic carbocycles. The third-order valence-electron chi connectivity index (χ3n) is 1.86. The zero-order valence-corrected chi connectivity index (χ0v) is 11.9. The number of nitrogens with zero attached hydrogens (tertiary/aromatic N) is 1. The summed E-state index contributed by atoms with van der Waals surface area (Å²) in [5, 5.41) is 9.50. The summed E-state index contributed by atoms with van der Waals surface area (Å²) < 4.78 is 5.80. The van der Waals surface area contributed by atoms with Crippen molar-refractivity contribution in [3.8, 4) is 11.8 Å². The standard InChI is InChI=1S/C14H19NOS/c1-10(2)17-13-8-12(16-14(3,4)5)7-6-11(13)9-15/h6-8,10H,1-5H3. The van der Waals surface area contributed by atoms with Crippen LogP contribution >= 0.6 is 11.8 Å². The van der Waals surface area contributed by atoms with Crippen LogP contribution in [0.25, 0.3) is 0 Å². The van der Waals surface area contributed by atoms with Crippen molar-refractivity contribution < 1.29 is 4.74 Å². The monoisotopic (exact) mass is 249 g/mol. The number of rotatable bonds is 3. The summed E-state index contributed by atoms with van der Waals surface area (Å²) in [7, 11) is 0. The molecule has 0 aromatic heterocycles. The molecule has 0 atom stereocenters. The van der Waals surface area contributed by atoms with Crippen LogP contribution in [0.2, 0.25) is 0 Å². The van der Waals surface area contributed by atoms with Gasteiger partial charge in [0.1, 0.15) is 17.4 Å². The van der Waals surface area contributed by atoms with Gasteiger partial charge in [-0.15, -0.1) is 11.8 Å². The molecule has 0 spiro atoms. The molecule has 0 aliphatic carbocycles. The highest BCUT2D eigenvalue weighted by Crippen LogP contribution is 2.31. The molecule has 1 rings (SSSR count). The predicted octanol–water partition coefficient (Wildman–Crippen LogP) is 4.24. The van der Waals surface area contributed by atoms with Gasteiger partial charge in [0.05, 0.1) is 5.56 Å². The Morgan fingerprint density at radius 2 is 1.94 bits per heavy atom. The van der Waals surface area contributed by atoms with Crippen LogP contribution in [0.4, 0.5) is 0 Å². The lowest BCUT2D eigenvalue weighted by Gasteiger charge is -2.22. The van der Waals surface area contributed by atoms with Crippen LogP contribution in [-0.2, 0) is 0 Å². The Balaban J connectivity index is 3.01. The number of nitriles is 1. The SMILES string of the molecule is CC(C)Sc1cc(OC(C)(C)C)ccc1C#N. The largest absolute Gasteiger partial charge is 0.488 e. The number of hydrogen-bond acceptors (Lipinski definition) is 3. The molecule has 1 aromatic rings. The van der Waals surface area contributed by atoms with Gasteiger partial charge in [-0.2, -0.15) is 5.26 Å². The highest BCUT2D eigenvalue weighted by molar-refractivity contribution is 8.00. The normalized spacial score (nSPS) is 11.4. The quantitative estimate of drug-likeness (QED) is 0.751. The van der Waals surface area contributed by atoms with Crippen LogP contribution in [0, 0.1) is 11.3 Å². The van der Waals surface area contributed by atoms with Gasteiger partial charge in [0.25, 0.3) is 0 Å². The van der Waals surface area contributed by atoms with Crippen LogP contribution in [0.15, 0.2) is 23.1 Å². The van der Waals surface area contributed by atoms with Crippen LogP contribution in [0.3, 0.4) is 0 Å². The molecule has 0 saturated carbocycles. The fraction of sp³-hybridized carbons (Fsp3) is 0.500. The minimum atomic E-state index is -0.214. The number of benzene rings is 1. The van der Waals surface area contributed by atoms with E-state index in [1.54, 1.807) is 11.8 Å². The fourth-order valence-electron chi connectivity index (χ4n) is 1.36. The summed E-state index contributed by atoms with van der Waals surface area (Å²) in [5.74, 6) is 0.819. The molecule has 0 saturated heterocycles. The Labute approximate surface area is 108 Å². The fourth-order valence-corrected chi connectivity index (χ4v) is 2.30. The van der Waals surface area contributed by atoms with Gasteiger partial charge in [0, 0.05) is 10.1 Å². The van der Waals surface area contributed by atoms with E-state index < -0.39 is 0 Å². The molecule has 0 fully saturated rings. The molecule has 3 heteroatoms. The second kappa shape index (κ2) is 5.46. The zero-order chi connectivity index (χ0) is 13.1. The first-order chi connectivity index (χ1) is 7.81. The molecule has 0 heterocycles. The van der Waals surface area contributed by atoms with Crippen molar-refractivity contribution in [2.45, 2.75) is 50.4 Å². The van der Waals surface area contributed by atoms with Crippen LogP contribution in [-0.4, -0.2) is 10.9 Å². The summed E-state index contributed by atoms with van der Waals surface area (Å²) in [6, 6.07) is 7.85. The first kappa shape index (κ1) is 13.9. The molecular weight excluding hydrogens is 230 g/mol. The summed E-state index contributed by atoms with van der Waals surface area (Å²) in [6.07, 6.45) is 0. The molecule has 0 N–H and O–H groups in total. The maximum atomic E-state index is 9.05. The molecule has 0 aliphatic heterocycles. The van der Waals surface area contributed by atoms with Crippen molar-refractivity contribution in [1.29, 1.82) is 5.26 Å². The molecule has 0 bridgehead atoms. The maximum absolute atomic E-state index is 9.05. The smallest absolute Gasteiger partial charge is 0.121 e. The molecule has 92 valence electrons. The van der Waals surface area contributed by atoms with E-state index in [4.69, 9.17) is 10.00 Å². The average Bonchev–Trinajstić information content (AvgIpc) is 2.14. The minimum Gasteiger partial charge on any atom is -0.488 e. The lowest BCUT2D eigenvalue weighted by Crippen LogP contribution is -2.22. The first-order valence-electron chi connectivity index (χ1n) is 5.71. The van der Waals surface area contributed by atoms with E-state index >= 15 is 0 Å².